The zero-order valence-electron chi connectivity index (χ0n) is 8.40. The van der Waals surface area contributed by atoms with Gasteiger partial charge in [-0.1, -0.05) is 0 Å². The standard InChI is InChI=1S/C10H10O4S/c1-6-3-9(15-5-6)7(11)4-8(12)10(13)14-2/h3,5H,4H2,1-2H3. The SMILES string of the molecule is COC(=O)C(=O)CC(=O)c1cc(C)cs1. The fraction of sp³-hybridized carbons (Fsp3) is 0.300. The summed E-state index contributed by atoms with van der Waals surface area (Å²) in [5, 5.41) is 1.82. The number of methoxy groups -OCH3 is 1. The molecule has 0 spiro atoms. The van der Waals surface area contributed by atoms with Crippen LogP contribution < -0.4 is 0 Å². The fourth-order valence-corrected chi connectivity index (χ4v) is 1.83. The van der Waals surface area contributed by atoms with Crippen molar-refractivity contribution in [2.24, 2.45) is 0 Å². The highest BCUT2D eigenvalue weighted by Crippen LogP contribution is 2.15. The van der Waals surface area contributed by atoms with Gasteiger partial charge in [-0.2, -0.15) is 0 Å². The number of thiophene rings is 1. The predicted molar refractivity (Wildman–Crippen MR) is 55.0 cm³/mol. The van der Waals surface area contributed by atoms with Crippen LogP contribution in [0.25, 0.3) is 0 Å². The highest BCUT2D eigenvalue weighted by Gasteiger charge is 2.19. The molecule has 15 heavy (non-hydrogen) atoms. The lowest BCUT2D eigenvalue weighted by molar-refractivity contribution is -0.151. The molecule has 0 atom stereocenters. The molecule has 0 fully saturated rings. The zero-order valence-corrected chi connectivity index (χ0v) is 9.22. The summed E-state index contributed by atoms with van der Waals surface area (Å²) in [6.45, 7) is 1.86. The molecule has 0 aromatic carbocycles. The summed E-state index contributed by atoms with van der Waals surface area (Å²) in [5.74, 6) is -2.13. The van der Waals surface area contributed by atoms with E-state index in [2.05, 4.69) is 4.74 Å². The minimum atomic E-state index is -0.975. The maximum atomic E-state index is 11.5. The number of carbonyl (C=O) groups is 3. The number of hydrogen-bond acceptors (Lipinski definition) is 5. The minimum Gasteiger partial charge on any atom is -0.463 e. The number of hydrogen-bond donors (Lipinski definition) is 0. The maximum absolute atomic E-state index is 11.5. The van der Waals surface area contributed by atoms with Gasteiger partial charge in [0.2, 0.25) is 5.78 Å². The largest absolute Gasteiger partial charge is 0.463 e. The Morgan fingerprint density at radius 3 is 2.53 bits per heavy atom. The first kappa shape index (κ1) is 11.6. The Labute approximate surface area is 90.9 Å². The summed E-state index contributed by atoms with van der Waals surface area (Å²) in [6, 6.07) is 1.69. The van der Waals surface area contributed by atoms with Gasteiger partial charge < -0.3 is 4.74 Å². The molecule has 1 aromatic heterocycles. The molecule has 5 heteroatoms. The van der Waals surface area contributed by atoms with E-state index < -0.39 is 18.2 Å². The Bertz CT molecular complexity index is 405. The van der Waals surface area contributed by atoms with Gasteiger partial charge in [-0.3, -0.25) is 9.59 Å². The Balaban J connectivity index is 2.64. The monoisotopic (exact) mass is 226 g/mol. The van der Waals surface area contributed by atoms with Gasteiger partial charge >= 0.3 is 5.97 Å². The molecular weight excluding hydrogens is 216 g/mol. The molecule has 0 aliphatic heterocycles. The number of carbonyl (C=O) groups excluding carboxylic acids is 3. The van der Waals surface area contributed by atoms with Crippen molar-refractivity contribution in [3.05, 3.63) is 21.9 Å². The van der Waals surface area contributed by atoms with Crippen LogP contribution in [0, 0.1) is 6.92 Å². The van der Waals surface area contributed by atoms with Crippen LogP contribution >= 0.6 is 11.3 Å². The van der Waals surface area contributed by atoms with E-state index in [9.17, 15) is 14.4 Å². The Hall–Kier alpha value is -1.49. The topological polar surface area (TPSA) is 60.4 Å². The van der Waals surface area contributed by atoms with Crippen molar-refractivity contribution >= 4 is 28.9 Å². The quantitative estimate of drug-likeness (QED) is 0.337. The van der Waals surface area contributed by atoms with Crippen LogP contribution in [0.1, 0.15) is 21.7 Å². The molecule has 0 aliphatic carbocycles. The zero-order chi connectivity index (χ0) is 11.4. The van der Waals surface area contributed by atoms with Crippen molar-refractivity contribution in [3.63, 3.8) is 0 Å². The third-order valence-electron chi connectivity index (χ3n) is 1.74. The molecule has 0 saturated carbocycles. The van der Waals surface area contributed by atoms with Crippen LogP contribution in [0.3, 0.4) is 0 Å². The fourth-order valence-electron chi connectivity index (χ4n) is 0.996. The number of ether oxygens (including phenoxy) is 1. The van der Waals surface area contributed by atoms with Gasteiger partial charge in [0.15, 0.2) is 5.78 Å². The van der Waals surface area contributed by atoms with Crippen LogP contribution in [0.2, 0.25) is 0 Å². The smallest absolute Gasteiger partial charge is 0.374 e. The molecule has 80 valence electrons. The number of aryl methyl sites for hydroxylation is 1. The molecule has 0 radical (unpaired) electrons. The highest BCUT2D eigenvalue weighted by molar-refractivity contribution is 7.12. The lowest BCUT2D eigenvalue weighted by Gasteiger charge is -1.96. The average molecular weight is 226 g/mol. The van der Waals surface area contributed by atoms with Crippen molar-refractivity contribution in [2.75, 3.05) is 7.11 Å². The molecule has 0 amide bonds. The summed E-state index contributed by atoms with van der Waals surface area (Å²) >= 11 is 1.27. The van der Waals surface area contributed by atoms with Crippen molar-refractivity contribution < 1.29 is 19.1 Å². The Kier molecular flexibility index (Phi) is 3.74. The molecule has 1 aromatic rings. The molecule has 0 unspecified atom stereocenters. The number of esters is 1. The lowest BCUT2D eigenvalue weighted by Crippen LogP contribution is -2.18. The molecular formula is C10H10O4S. The van der Waals surface area contributed by atoms with Gasteiger partial charge in [0.25, 0.3) is 0 Å². The van der Waals surface area contributed by atoms with E-state index >= 15 is 0 Å². The van der Waals surface area contributed by atoms with E-state index in [4.69, 9.17) is 0 Å². The molecule has 1 heterocycles. The minimum absolute atomic E-state index is 0.344. The molecule has 0 N–H and O–H groups in total. The van der Waals surface area contributed by atoms with Crippen LogP contribution in [-0.4, -0.2) is 24.6 Å². The first-order valence-electron chi connectivity index (χ1n) is 4.24. The molecule has 0 aliphatic rings. The molecule has 1 rings (SSSR count). The first-order chi connectivity index (χ1) is 7.04. The second-order valence-corrected chi connectivity index (χ2v) is 3.91. The maximum Gasteiger partial charge on any atom is 0.374 e. The van der Waals surface area contributed by atoms with E-state index in [0.29, 0.717) is 4.88 Å². The number of rotatable bonds is 4. The van der Waals surface area contributed by atoms with E-state index in [1.54, 1.807) is 6.07 Å². The lowest BCUT2D eigenvalue weighted by atomic mass is 10.1. The van der Waals surface area contributed by atoms with Crippen LogP contribution in [0.4, 0.5) is 0 Å². The van der Waals surface area contributed by atoms with Crippen molar-refractivity contribution in [2.45, 2.75) is 13.3 Å². The highest BCUT2D eigenvalue weighted by atomic mass is 32.1. The summed E-state index contributed by atoms with van der Waals surface area (Å²) in [4.78, 5) is 33.8. The number of ketones is 2. The van der Waals surface area contributed by atoms with Crippen LogP contribution in [-0.2, 0) is 14.3 Å². The van der Waals surface area contributed by atoms with Gasteiger partial charge in [0.05, 0.1) is 18.4 Å². The van der Waals surface area contributed by atoms with E-state index in [-0.39, 0.29) is 5.78 Å². The summed E-state index contributed by atoms with van der Waals surface area (Å²) in [5.41, 5.74) is 0.967. The van der Waals surface area contributed by atoms with E-state index in [1.165, 1.54) is 11.3 Å². The second kappa shape index (κ2) is 4.84. The Morgan fingerprint density at radius 2 is 2.07 bits per heavy atom. The third kappa shape index (κ3) is 2.99. The van der Waals surface area contributed by atoms with Crippen molar-refractivity contribution in [1.29, 1.82) is 0 Å². The van der Waals surface area contributed by atoms with Gasteiger partial charge in [-0.25, -0.2) is 4.79 Å². The normalized spacial score (nSPS) is 9.73. The predicted octanol–water partition coefficient (Wildman–Crippen LogP) is 1.37. The molecule has 0 bridgehead atoms. The number of Topliss-reactive ketones (excluding diaryl/α,β-unsaturated/α-hetero) is 2. The van der Waals surface area contributed by atoms with Gasteiger partial charge in [-0.15, -0.1) is 11.3 Å². The summed E-state index contributed by atoms with van der Waals surface area (Å²) < 4.78 is 4.22. The third-order valence-corrected chi connectivity index (χ3v) is 2.83. The first-order valence-corrected chi connectivity index (χ1v) is 5.12. The summed E-state index contributed by atoms with van der Waals surface area (Å²) in [6.07, 6.45) is -0.424. The van der Waals surface area contributed by atoms with Gasteiger partial charge in [0.1, 0.15) is 0 Å². The van der Waals surface area contributed by atoms with Gasteiger partial charge in [-0.05, 0) is 23.9 Å². The molecule has 4 nitrogen and oxygen atoms in total. The van der Waals surface area contributed by atoms with Crippen molar-refractivity contribution in [3.8, 4) is 0 Å². The second-order valence-electron chi connectivity index (χ2n) is 3.00. The average Bonchev–Trinajstić information content (AvgIpc) is 2.63. The molecule has 0 saturated heterocycles. The Morgan fingerprint density at radius 1 is 1.40 bits per heavy atom. The van der Waals surface area contributed by atoms with E-state index in [1.807, 2.05) is 12.3 Å². The van der Waals surface area contributed by atoms with Crippen molar-refractivity contribution in [1.82, 2.24) is 0 Å². The van der Waals surface area contributed by atoms with E-state index in [0.717, 1.165) is 12.7 Å². The van der Waals surface area contributed by atoms with Crippen LogP contribution in [0.15, 0.2) is 11.4 Å². The summed E-state index contributed by atoms with van der Waals surface area (Å²) in [7, 11) is 1.11. The van der Waals surface area contributed by atoms with Crippen LogP contribution in [0.5, 0.6) is 0 Å². The van der Waals surface area contributed by atoms with Gasteiger partial charge in [0, 0.05) is 0 Å².